The summed E-state index contributed by atoms with van der Waals surface area (Å²) in [5.74, 6) is 0.766. The highest BCUT2D eigenvalue weighted by Crippen LogP contribution is 2.33. The van der Waals surface area contributed by atoms with Crippen LogP contribution in [0.15, 0.2) is 24.3 Å². The van der Waals surface area contributed by atoms with E-state index in [9.17, 15) is 0 Å². The molecule has 0 aromatic heterocycles. The van der Waals surface area contributed by atoms with Crippen molar-refractivity contribution in [3.8, 4) is 5.75 Å². The van der Waals surface area contributed by atoms with E-state index in [4.69, 9.17) is 21.1 Å². The lowest BCUT2D eigenvalue weighted by Gasteiger charge is -2.46. The predicted molar refractivity (Wildman–Crippen MR) is 82.3 cm³/mol. The lowest BCUT2D eigenvalue weighted by molar-refractivity contribution is -0.914. The zero-order valence-corrected chi connectivity index (χ0v) is 13.4. The van der Waals surface area contributed by atoms with Crippen molar-refractivity contribution in [3.63, 3.8) is 0 Å². The Labute approximate surface area is 127 Å². The molecular weight excluding hydrogens is 274 g/mol. The van der Waals surface area contributed by atoms with E-state index in [0.717, 1.165) is 43.1 Å². The van der Waals surface area contributed by atoms with Crippen LogP contribution in [0.2, 0.25) is 5.02 Å². The minimum atomic E-state index is 0.125. The summed E-state index contributed by atoms with van der Waals surface area (Å²) >= 11 is 6.14. The van der Waals surface area contributed by atoms with E-state index in [-0.39, 0.29) is 5.41 Å². The summed E-state index contributed by atoms with van der Waals surface area (Å²) in [6.07, 6.45) is 0. The standard InChI is InChI=1S/C16H25ClNO2/c1-4-18(3,5-2)10-16(11-19-12-16)13-20-15-9-7-6-8-14(15)17/h6-9H,4-5,10-13H2,1-3H3/q+1. The maximum absolute atomic E-state index is 6.14. The average molecular weight is 299 g/mol. The molecule has 1 heterocycles. The van der Waals surface area contributed by atoms with Gasteiger partial charge in [-0.3, -0.25) is 0 Å². The van der Waals surface area contributed by atoms with Crippen LogP contribution < -0.4 is 4.74 Å². The van der Waals surface area contributed by atoms with Gasteiger partial charge in [0.15, 0.2) is 0 Å². The van der Waals surface area contributed by atoms with E-state index in [1.165, 1.54) is 0 Å². The second-order valence-corrected chi connectivity index (χ2v) is 6.53. The summed E-state index contributed by atoms with van der Waals surface area (Å²) in [4.78, 5) is 0. The first-order chi connectivity index (χ1) is 9.52. The number of ether oxygens (including phenoxy) is 2. The molecule has 0 bridgehead atoms. The average Bonchev–Trinajstić information content (AvgIpc) is 2.43. The molecular formula is C16H25ClNO2+. The normalized spacial score (nSPS) is 17.6. The Kier molecular flexibility index (Phi) is 4.95. The van der Waals surface area contributed by atoms with Gasteiger partial charge in [-0.25, -0.2) is 0 Å². The highest BCUT2D eigenvalue weighted by atomic mass is 35.5. The topological polar surface area (TPSA) is 18.5 Å². The number of para-hydroxylation sites is 1. The van der Waals surface area contributed by atoms with E-state index in [1.807, 2.05) is 24.3 Å². The minimum Gasteiger partial charge on any atom is -0.491 e. The first kappa shape index (κ1) is 15.6. The summed E-state index contributed by atoms with van der Waals surface area (Å²) in [6, 6.07) is 7.64. The fraction of sp³-hybridized carbons (Fsp3) is 0.625. The van der Waals surface area contributed by atoms with Crippen molar-refractivity contribution in [3.05, 3.63) is 29.3 Å². The van der Waals surface area contributed by atoms with Crippen LogP contribution in [0.4, 0.5) is 0 Å². The van der Waals surface area contributed by atoms with Crippen LogP contribution in [-0.2, 0) is 4.74 Å². The van der Waals surface area contributed by atoms with Crippen molar-refractivity contribution >= 4 is 11.6 Å². The summed E-state index contributed by atoms with van der Waals surface area (Å²) in [7, 11) is 2.30. The van der Waals surface area contributed by atoms with Crippen LogP contribution in [0.25, 0.3) is 0 Å². The highest BCUT2D eigenvalue weighted by molar-refractivity contribution is 6.32. The van der Waals surface area contributed by atoms with Crippen LogP contribution in [-0.4, -0.2) is 51.0 Å². The molecule has 0 radical (unpaired) electrons. The first-order valence-electron chi connectivity index (χ1n) is 7.31. The van der Waals surface area contributed by atoms with Crippen molar-refractivity contribution in [2.24, 2.45) is 5.41 Å². The van der Waals surface area contributed by atoms with Crippen LogP contribution in [0.3, 0.4) is 0 Å². The van der Waals surface area contributed by atoms with Gasteiger partial charge in [-0.1, -0.05) is 23.7 Å². The Hall–Kier alpha value is -0.770. The number of hydrogen-bond donors (Lipinski definition) is 0. The summed E-state index contributed by atoms with van der Waals surface area (Å²) in [5.41, 5.74) is 0.125. The second-order valence-electron chi connectivity index (χ2n) is 6.12. The van der Waals surface area contributed by atoms with Gasteiger partial charge >= 0.3 is 0 Å². The quantitative estimate of drug-likeness (QED) is 0.720. The van der Waals surface area contributed by atoms with Crippen molar-refractivity contribution in [2.75, 3.05) is 46.5 Å². The number of hydrogen-bond acceptors (Lipinski definition) is 2. The van der Waals surface area contributed by atoms with Crippen molar-refractivity contribution < 1.29 is 14.0 Å². The van der Waals surface area contributed by atoms with Gasteiger partial charge in [0.25, 0.3) is 0 Å². The molecule has 2 rings (SSSR count). The number of quaternary nitrogens is 1. The Balaban J connectivity index is 2.00. The smallest absolute Gasteiger partial charge is 0.137 e. The molecule has 1 aromatic carbocycles. The summed E-state index contributed by atoms with van der Waals surface area (Å²) in [5, 5.41) is 0.672. The molecule has 4 heteroatoms. The van der Waals surface area contributed by atoms with Gasteiger partial charge in [0, 0.05) is 0 Å². The molecule has 0 spiro atoms. The maximum Gasteiger partial charge on any atom is 0.137 e. The van der Waals surface area contributed by atoms with E-state index >= 15 is 0 Å². The van der Waals surface area contributed by atoms with Crippen molar-refractivity contribution in [1.29, 1.82) is 0 Å². The number of benzene rings is 1. The van der Waals surface area contributed by atoms with Gasteiger partial charge in [0.1, 0.15) is 12.4 Å². The SMILES string of the molecule is CC[N+](C)(CC)CC1(COc2ccccc2Cl)COC1. The molecule has 1 aliphatic rings. The van der Waals surface area contributed by atoms with Gasteiger partial charge in [0.05, 0.1) is 50.3 Å². The van der Waals surface area contributed by atoms with Crippen LogP contribution in [0.5, 0.6) is 5.75 Å². The molecule has 20 heavy (non-hydrogen) atoms. The fourth-order valence-corrected chi connectivity index (χ4v) is 2.85. The largest absolute Gasteiger partial charge is 0.491 e. The van der Waals surface area contributed by atoms with Crippen molar-refractivity contribution in [1.82, 2.24) is 0 Å². The minimum absolute atomic E-state index is 0.125. The van der Waals surface area contributed by atoms with Gasteiger partial charge in [-0.05, 0) is 26.0 Å². The Morgan fingerprint density at radius 2 is 1.90 bits per heavy atom. The summed E-state index contributed by atoms with van der Waals surface area (Å²) in [6.45, 7) is 10.1. The molecule has 3 nitrogen and oxygen atoms in total. The lowest BCUT2D eigenvalue weighted by Crippen LogP contribution is -2.60. The molecule has 1 saturated heterocycles. The molecule has 1 fully saturated rings. The van der Waals surface area contributed by atoms with Gasteiger partial charge in [-0.15, -0.1) is 0 Å². The number of rotatable bonds is 7. The van der Waals surface area contributed by atoms with E-state index < -0.39 is 0 Å². The molecule has 1 aliphatic heterocycles. The fourth-order valence-electron chi connectivity index (χ4n) is 2.66. The molecule has 1 aromatic rings. The Morgan fingerprint density at radius 1 is 1.25 bits per heavy atom. The monoisotopic (exact) mass is 298 g/mol. The van der Waals surface area contributed by atoms with Gasteiger partial charge in [-0.2, -0.15) is 0 Å². The molecule has 0 unspecified atom stereocenters. The van der Waals surface area contributed by atoms with Crippen LogP contribution in [0, 0.1) is 5.41 Å². The highest BCUT2D eigenvalue weighted by Gasteiger charge is 2.45. The zero-order chi connectivity index (χ0) is 14.6. The third-order valence-electron chi connectivity index (χ3n) is 4.43. The third kappa shape index (κ3) is 3.46. The third-order valence-corrected chi connectivity index (χ3v) is 4.74. The van der Waals surface area contributed by atoms with Gasteiger partial charge < -0.3 is 14.0 Å². The van der Waals surface area contributed by atoms with E-state index in [2.05, 4.69) is 20.9 Å². The zero-order valence-electron chi connectivity index (χ0n) is 12.7. The Morgan fingerprint density at radius 3 is 2.40 bits per heavy atom. The van der Waals surface area contributed by atoms with Crippen molar-refractivity contribution in [2.45, 2.75) is 13.8 Å². The van der Waals surface area contributed by atoms with Crippen LogP contribution >= 0.6 is 11.6 Å². The lowest BCUT2D eigenvalue weighted by atomic mass is 9.85. The Bertz CT molecular complexity index is 442. The van der Waals surface area contributed by atoms with E-state index in [1.54, 1.807) is 0 Å². The second kappa shape index (κ2) is 6.33. The molecule has 0 N–H and O–H groups in total. The number of nitrogens with zero attached hydrogens (tertiary/aromatic N) is 1. The molecule has 0 saturated carbocycles. The maximum atomic E-state index is 6.14. The molecule has 0 atom stereocenters. The molecule has 0 aliphatic carbocycles. The first-order valence-corrected chi connectivity index (χ1v) is 7.69. The van der Waals surface area contributed by atoms with Gasteiger partial charge in [0.2, 0.25) is 0 Å². The molecule has 112 valence electrons. The summed E-state index contributed by atoms with van der Waals surface area (Å²) < 4.78 is 12.5. The predicted octanol–water partition coefficient (Wildman–Crippen LogP) is 3.22. The molecule has 0 amide bonds. The van der Waals surface area contributed by atoms with Crippen LogP contribution in [0.1, 0.15) is 13.8 Å². The van der Waals surface area contributed by atoms with E-state index in [0.29, 0.717) is 11.6 Å². The number of halogens is 1.